The predicted octanol–water partition coefficient (Wildman–Crippen LogP) is 2.73. The van der Waals surface area contributed by atoms with Crippen LogP contribution in [0.5, 0.6) is 0 Å². The lowest BCUT2D eigenvalue weighted by Crippen LogP contribution is -2.26. The van der Waals surface area contributed by atoms with Crippen LogP contribution in [0.25, 0.3) is 0 Å². The maximum atomic E-state index is 9.80. The second-order valence-electron chi connectivity index (χ2n) is 4.39. The normalized spacial score (nSPS) is 41.2. The van der Waals surface area contributed by atoms with Crippen molar-refractivity contribution in [2.24, 2.45) is 5.92 Å². The van der Waals surface area contributed by atoms with Crippen molar-refractivity contribution in [3.05, 3.63) is 0 Å². The third-order valence-electron chi connectivity index (χ3n) is 2.84. The number of hydrogen-bond donors (Lipinski definition) is 1. The van der Waals surface area contributed by atoms with Gasteiger partial charge in [-0.25, -0.2) is 0 Å². The van der Waals surface area contributed by atoms with Crippen LogP contribution in [0.1, 0.15) is 52.4 Å². The van der Waals surface area contributed by atoms with Crippen LogP contribution in [0.4, 0.5) is 0 Å². The van der Waals surface area contributed by atoms with Crippen molar-refractivity contribution >= 4 is 0 Å². The van der Waals surface area contributed by atoms with E-state index in [9.17, 15) is 5.11 Å². The third kappa shape index (κ3) is 3.24. The van der Waals surface area contributed by atoms with Crippen molar-refractivity contribution in [2.75, 3.05) is 0 Å². The first-order valence-electron chi connectivity index (χ1n) is 4.82. The van der Waals surface area contributed by atoms with Gasteiger partial charge < -0.3 is 5.11 Å². The van der Waals surface area contributed by atoms with Crippen LogP contribution in [-0.2, 0) is 0 Å². The number of rotatable bonds is 0. The summed E-state index contributed by atoms with van der Waals surface area (Å²) in [6.45, 7) is 4.27. The molecule has 0 aromatic carbocycles. The Balaban J connectivity index is 2.38. The van der Waals surface area contributed by atoms with E-state index < -0.39 is 0 Å². The lowest BCUT2D eigenvalue weighted by molar-refractivity contribution is 0.0274. The zero-order valence-electron chi connectivity index (χ0n) is 7.77. The van der Waals surface area contributed by atoms with Gasteiger partial charge in [0.1, 0.15) is 0 Å². The first kappa shape index (κ1) is 9.05. The van der Waals surface area contributed by atoms with Crippen LogP contribution < -0.4 is 0 Å². The number of hydrogen-bond acceptors (Lipinski definition) is 1. The van der Waals surface area contributed by atoms with Crippen molar-refractivity contribution < 1.29 is 5.11 Å². The Labute approximate surface area is 69.8 Å². The zero-order chi connectivity index (χ0) is 8.32. The summed E-state index contributed by atoms with van der Waals surface area (Å²) < 4.78 is 0. The van der Waals surface area contributed by atoms with E-state index in [1.54, 1.807) is 0 Å². The molecule has 0 amide bonds. The van der Waals surface area contributed by atoms with Gasteiger partial charge in [0.05, 0.1) is 5.60 Å². The summed E-state index contributed by atoms with van der Waals surface area (Å²) in [5.74, 6) is 0.821. The quantitative estimate of drug-likeness (QED) is 0.571. The van der Waals surface area contributed by atoms with Gasteiger partial charge >= 0.3 is 0 Å². The summed E-state index contributed by atoms with van der Waals surface area (Å²) in [7, 11) is 0. The van der Waals surface area contributed by atoms with Gasteiger partial charge in [0.25, 0.3) is 0 Å². The molecule has 0 bridgehead atoms. The predicted molar refractivity (Wildman–Crippen MR) is 47.5 cm³/mol. The van der Waals surface area contributed by atoms with Gasteiger partial charge in [-0.3, -0.25) is 0 Å². The van der Waals surface area contributed by atoms with Crippen LogP contribution in [0.3, 0.4) is 0 Å². The molecule has 1 heteroatoms. The lowest BCUT2D eigenvalue weighted by Gasteiger charge is -2.27. The summed E-state index contributed by atoms with van der Waals surface area (Å²) in [5, 5.41) is 9.80. The highest BCUT2D eigenvalue weighted by Gasteiger charge is 2.22. The Hall–Kier alpha value is -0.0400. The van der Waals surface area contributed by atoms with E-state index >= 15 is 0 Å². The highest BCUT2D eigenvalue weighted by atomic mass is 16.3. The maximum absolute atomic E-state index is 9.80. The molecule has 0 saturated heterocycles. The van der Waals surface area contributed by atoms with E-state index in [1.165, 1.54) is 25.7 Å². The Bertz CT molecular complexity index is 118. The summed E-state index contributed by atoms with van der Waals surface area (Å²) in [4.78, 5) is 0. The fourth-order valence-electron chi connectivity index (χ4n) is 1.83. The fraction of sp³-hybridized carbons (Fsp3) is 1.00. The third-order valence-corrected chi connectivity index (χ3v) is 2.84. The summed E-state index contributed by atoms with van der Waals surface area (Å²) in [5.41, 5.74) is -0.366. The van der Waals surface area contributed by atoms with Gasteiger partial charge in [-0.2, -0.15) is 0 Å². The topological polar surface area (TPSA) is 20.2 Å². The van der Waals surface area contributed by atoms with Gasteiger partial charge in [-0.15, -0.1) is 0 Å². The highest BCUT2D eigenvalue weighted by molar-refractivity contribution is 4.76. The van der Waals surface area contributed by atoms with Crippen LogP contribution in [0, 0.1) is 5.92 Å². The fourth-order valence-corrected chi connectivity index (χ4v) is 1.83. The van der Waals surface area contributed by atoms with Crippen molar-refractivity contribution in [1.29, 1.82) is 0 Å². The minimum atomic E-state index is -0.366. The van der Waals surface area contributed by atoms with E-state index in [-0.39, 0.29) is 5.60 Å². The average molecular weight is 156 g/mol. The van der Waals surface area contributed by atoms with Crippen molar-refractivity contribution in [3.63, 3.8) is 0 Å². The second kappa shape index (κ2) is 3.57. The minimum absolute atomic E-state index is 0.366. The summed E-state index contributed by atoms with van der Waals surface area (Å²) in [6, 6.07) is 0. The molecular formula is C10H20O. The van der Waals surface area contributed by atoms with Crippen LogP contribution in [0.15, 0.2) is 0 Å². The number of aliphatic hydroxyl groups is 1. The molecule has 1 aliphatic carbocycles. The molecule has 0 radical (unpaired) electrons. The molecule has 1 fully saturated rings. The average Bonchev–Trinajstić information content (AvgIpc) is 1.92. The molecule has 0 heterocycles. The minimum Gasteiger partial charge on any atom is -0.390 e. The van der Waals surface area contributed by atoms with E-state index in [1.807, 2.05) is 6.92 Å². The molecule has 1 N–H and O–H groups in total. The molecule has 1 saturated carbocycles. The Morgan fingerprint density at radius 1 is 1.18 bits per heavy atom. The Morgan fingerprint density at radius 3 is 2.64 bits per heavy atom. The molecule has 2 unspecified atom stereocenters. The Morgan fingerprint density at radius 2 is 1.91 bits per heavy atom. The van der Waals surface area contributed by atoms with Crippen LogP contribution >= 0.6 is 0 Å². The van der Waals surface area contributed by atoms with Crippen LogP contribution in [-0.4, -0.2) is 10.7 Å². The molecule has 0 aliphatic heterocycles. The van der Waals surface area contributed by atoms with Gasteiger partial charge in [0.2, 0.25) is 0 Å². The monoisotopic (exact) mass is 156 g/mol. The molecule has 1 rings (SSSR count). The van der Waals surface area contributed by atoms with E-state index in [0.717, 1.165) is 18.8 Å². The molecule has 1 nitrogen and oxygen atoms in total. The lowest BCUT2D eigenvalue weighted by atomic mass is 9.84. The van der Waals surface area contributed by atoms with E-state index in [2.05, 4.69) is 6.92 Å². The smallest absolute Gasteiger partial charge is 0.0619 e. The Kier molecular flexibility index (Phi) is 2.94. The van der Waals surface area contributed by atoms with E-state index in [4.69, 9.17) is 0 Å². The summed E-state index contributed by atoms with van der Waals surface area (Å²) in [6.07, 6.45) is 7.06. The summed E-state index contributed by atoms with van der Waals surface area (Å²) >= 11 is 0. The molecule has 0 aromatic rings. The van der Waals surface area contributed by atoms with Crippen molar-refractivity contribution in [3.8, 4) is 0 Å². The van der Waals surface area contributed by atoms with Crippen LogP contribution in [0.2, 0.25) is 0 Å². The molecule has 2 atom stereocenters. The van der Waals surface area contributed by atoms with E-state index in [0.29, 0.717) is 0 Å². The SMILES string of the molecule is CC1CCCCC(C)(O)CC1. The molecule has 66 valence electrons. The molecule has 0 aromatic heterocycles. The molecule has 11 heavy (non-hydrogen) atoms. The molecule has 1 aliphatic rings. The highest BCUT2D eigenvalue weighted by Crippen LogP contribution is 2.28. The van der Waals surface area contributed by atoms with Gasteiger partial charge in [0.15, 0.2) is 0 Å². The van der Waals surface area contributed by atoms with Crippen molar-refractivity contribution in [2.45, 2.75) is 58.0 Å². The first-order chi connectivity index (χ1) is 5.10. The first-order valence-corrected chi connectivity index (χ1v) is 4.82. The van der Waals surface area contributed by atoms with Gasteiger partial charge in [-0.1, -0.05) is 26.2 Å². The molecule has 0 spiro atoms. The standard InChI is InChI=1S/C10H20O/c1-9-5-3-4-7-10(2,11)8-6-9/h9,11H,3-8H2,1-2H3. The van der Waals surface area contributed by atoms with Gasteiger partial charge in [-0.05, 0) is 32.1 Å². The maximum Gasteiger partial charge on any atom is 0.0619 e. The zero-order valence-corrected chi connectivity index (χ0v) is 7.77. The van der Waals surface area contributed by atoms with Crippen molar-refractivity contribution in [1.82, 2.24) is 0 Å². The largest absolute Gasteiger partial charge is 0.390 e. The van der Waals surface area contributed by atoms with Gasteiger partial charge in [0, 0.05) is 0 Å². The second-order valence-corrected chi connectivity index (χ2v) is 4.39. The molecular weight excluding hydrogens is 136 g/mol.